The maximum Gasteiger partial charge on any atom is 0.0928 e. The molecule has 2 aromatic rings. The molecule has 21 heavy (non-hydrogen) atoms. The van der Waals surface area contributed by atoms with Crippen LogP contribution in [0.5, 0.6) is 0 Å². The first-order valence-electron chi connectivity index (χ1n) is 6.75. The predicted octanol–water partition coefficient (Wildman–Crippen LogP) is 3.42. The lowest BCUT2D eigenvalue weighted by Gasteiger charge is -2.18. The van der Waals surface area contributed by atoms with Gasteiger partial charge in [-0.25, -0.2) is 0 Å². The van der Waals surface area contributed by atoms with Crippen molar-refractivity contribution in [1.29, 1.82) is 0 Å². The molecular weight excluding hydrogens is 309 g/mol. The number of halogens is 2. The van der Waals surface area contributed by atoms with Gasteiger partial charge in [-0.1, -0.05) is 29.3 Å². The largest absolute Gasteiger partial charge is 0.387 e. The summed E-state index contributed by atoms with van der Waals surface area (Å²) in [5, 5.41) is 18.8. The lowest BCUT2D eigenvalue weighted by molar-refractivity contribution is 0.171. The van der Waals surface area contributed by atoms with Gasteiger partial charge in [0.05, 0.1) is 12.3 Å². The lowest BCUT2D eigenvalue weighted by Crippen LogP contribution is -2.25. The summed E-state index contributed by atoms with van der Waals surface area (Å²) in [5.74, 6) is 0. The fourth-order valence-corrected chi connectivity index (χ4v) is 2.76. The molecule has 114 valence electrons. The molecule has 1 aromatic heterocycles. The van der Waals surface area contributed by atoms with Crippen molar-refractivity contribution in [2.24, 2.45) is 7.05 Å². The highest BCUT2D eigenvalue weighted by Gasteiger charge is 2.16. The molecule has 1 aromatic carbocycles. The highest BCUT2D eigenvalue weighted by molar-refractivity contribution is 6.35. The van der Waals surface area contributed by atoms with Gasteiger partial charge < -0.3 is 10.4 Å². The van der Waals surface area contributed by atoms with Gasteiger partial charge in [-0.05, 0) is 26.0 Å². The number of nitrogens with one attached hydrogen (secondary N) is 1. The molecule has 4 nitrogen and oxygen atoms in total. The fraction of sp³-hybridized carbons (Fsp3) is 0.400. The third-order valence-corrected chi connectivity index (χ3v) is 4.24. The molecule has 0 bridgehead atoms. The third-order valence-electron chi connectivity index (χ3n) is 3.68. The summed E-state index contributed by atoms with van der Waals surface area (Å²) in [6, 6.07) is 5.20. The van der Waals surface area contributed by atoms with E-state index in [1.807, 2.05) is 31.8 Å². The normalized spacial score (nSPS) is 14.2. The summed E-state index contributed by atoms with van der Waals surface area (Å²) in [7, 11) is 1.91. The predicted molar refractivity (Wildman–Crippen MR) is 85.8 cm³/mol. The number of hydrogen-bond donors (Lipinski definition) is 2. The molecule has 0 spiro atoms. The average Bonchev–Trinajstić information content (AvgIpc) is 2.76. The van der Waals surface area contributed by atoms with Crippen LogP contribution in [0.25, 0.3) is 0 Å². The van der Waals surface area contributed by atoms with Crippen LogP contribution >= 0.6 is 23.2 Å². The first-order chi connectivity index (χ1) is 9.90. The zero-order chi connectivity index (χ0) is 15.6. The smallest absolute Gasteiger partial charge is 0.0928 e. The van der Waals surface area contributed by atoms with E-state index in [0.29, 0.717) is 22.2 Å². The van der Waals surface area contributed by atoms with Crippen LogP contribution in [-0.2, 0) is 7.05 Å². The Morgan fingerprint density at radius 2 is 2.05 bits per heavy atom. The molecule has 0 saturated carbocycles. The standard InChI is InChI=1S/C15H19Cl2N3O/c1-9(13-7-19-20(3)10(13)2)18-8-15(21)12-5-4-11(16)6-14(12)17/h4-7,9,15,18,21H,8H2,1-3H3. The number of benzene rings is 1. The van der Waals surface area contributed by atoms with E-state index in [2.05, 4.69) is 10.4 Å². The van der Waals surface area contributed by atoms with Gasteiger partial charge in [0.25, 0.3) is 0 Å². The third kappa shape index (κ3) is 3.77. The van der Waals surface area contributed by atoms with Gasteiger partial charge in [0.1, 0.15) is 0 Å². The minimum Gasteiger partial charge on any atom is -0.387 e. The van der Waals surface area contributed by atoms with Gasteiger partial charge >= 0.3 is 0 Å². The molecule has 2 unspecified atom stereocenters. The van der Waals surface area contributed by atoms with Crippen molar-refractivity contribution < 1.29 is 5.11 Å². The molecule has 2 atom stereocenters. The summed E-state index contributed by atoms with van der Waals surface area (Å²) in [5.41, 5.74) is 2.89. The van der Waals surface area contributed by atoms with Gasteiger partial charge in [-0.2, -0.15) is 5.10 Å². The van der Waals surface area contributed by atoms with Crippen LogP contribution in [0.4, 0.5) is 0 Å². The Hall–Kier alpha value is -1.07. The van der Waals surface area contributed by atoms with Crippen LogP contribution in [0.3, 0.4) is 0 Å². The Balaban J connectivity index is 2.00. The number of aliphatic hydroxyl groups is 1. The second kappa shape index (κ2) is 6.79. The number of aliphatic hydroxyl groups excluding tert-OH is 1. The highest BCUT2D eigenvalue weighted by atomic mass is 35.5. The summed E-state index contributed by atoms with van der Waals surface area (Å²) in [6.07, 6.45) is 1.16. The molecule has 0 aliphatic heterocycles. The maximum atomic E-state index is 10.3. The minimum absolute atomic E-state index is 0.0967. The van der Waals surface area contributed by atoms with E-state index in [1.54, 1.807) is 18.2 Å². The first-order valence-corrected chi connectivity index (χ1v) is 7.50. The monoisotopic (exact) mass is 327 g/mol. The van der Waals surface area contributed by atoms with Gasteiger partial charge in [0.2, 0.25) is 0 Å². The Morgan fingerprint density at radius 1 is 1.33 bits per heavy atom. The molecule has 2 N–H and O–H groups in total. The number of hydrogen-bond acceptors (Lipinski definition) is 3. The van der Waals surface area contributed by atoms with Crippen molar-refractivity contribution >= 4 is 23.2 Å². The van der Waals surface area contributed by atoms with Crippen LogP contribution in [0.15, 0.2) is 24.4 Å². The van der Waals surface area contributed by atoms with Crippen molar-refractivity contribution in [1.82, 2.24) is 15.1 Å². The van der Waals surface area contributed by atoms with Gasteiger partial charge in [-0.3, -0.25) is 4.68 Å². The van der Waals surface area contributed by atoms with E-state index in [-0.39, 0.29) is 6.04 Å². The Kier molecular flexibility index (Phi) is 5.27. The number of aromatic nitrogens is 2. The Morgan fingerprint density at radius 3 is 2.62 bits per heavy atom. The molecule has 2 rings (SSSR count). The van der Waals surface area contributed by atoms with Gasteiger partial charge in [0, 0.05) is 46.5 Å². The van der Waals surface area contributed by atoms with Crippen molar-refractivity contribution in [3.8, 4) is 0 Å². The van der Waals surface area contributed by atoms with Crippen molar-refractivity contribution in [3.63, 3.8) is 0 Å². The first kappa shape index (κ1) is 16.3. The van der Waals surface area contributed by atoms with Crippen LogP contribution < -0.4 is 5.32 Å². The Bertz CT molecular complexity index is 627. The molecule has 0 fully saturated rings. The average molecular weight is 328 g/mol. The molecule has 0 amide bonds. The van der Waals surface area contributed by atoms with Crippen LogP contribution in [0.2, 0.25) is 10.0 Å². The number of rotatable bonds is 5. The van der Waals surface area contributed by atoms with Crippen molar-refractivity contribution in [2.45, 2.75) is 26.0 Å². The molecule has 0 radical (unpaired) electrons. The van der Waals surface area contributed by atoms with Crippen molar-refractivity contribution in [3.05, 3.63) is 51.3 Å². The zero-order valence-electron chi connectivity index (χ0n) is 12.3. The quantitative estimate of drug-likeness (QED) is 0.884. The van der Waals surface area contributed by atoms with E-state index >= 15 is 0 Å². The van der Waals surface area contributed by atoms with Crippen LogP contribution in [-0.4, -0.2) is 21.4 Å². The molecule has 6 heteroatoms. The molecule has 0 aliphatic rings. The van der Waals surface area contributed by atoms with Crippen LogP contribution in [0.1, 0.15) is 35.9 Å². The maximum absolute atomic E-state index is 10.3. The second-order valence-corrected chi connectivity index (χ2v) is 5.96. The molecule has 0 aliphatic carbocycles. The summed E-state index contributed by atoms with van der Waals surface area (Å²) in [4.78, 5) is 0. The number of aryl methyl sites for hydroxylation is 1. The topological polar surface area (TPSA) is 50.1 Å². The van der Waals surface area contributed by atoms with E-state index in [0.717, 1.165) is 11.3 Å². The second-order valence-electron chi connectivity index (χ2n) is 5.12. The lowest BCUT2D eigenvalue weighted by atomic mass is 10.1. The van der Waals surface area contributed by atoms with E-state index in [9.17, 15) is 5.11 Å². The minimum atomic E-state index is -0.686. The summed E-state index contributed by atoms with van der Waals surface area (Å²) >= 11 is 12.0. The Labute approximate surface area is 134 Å². The molecule has 1 heterocycles. The van der Waals surface area contributed by atoms with Crippen molar-refractivity contribution in [2.75, 3.05) is 6.54 Å². The summed E-state index contributed by atoms with van der Waals surface area (Å²) in [6.45, 7) is 4.46. The van der Waals surface area contributed by atoms with E-state index in [4.69, 9.17) is 23.2 Å². The number of nitrogens with zero attached hydrogens (tertiary/aromatic N) is 2. The van der Waals surface area contributed by atoms with Gasteiger partial charge in [0.15, 0.2) is 0 Å². The SMILES string of the molecule is Cc1c(C(C)NCC(O)c2ccc(Cl)cc2Cl)cnn1C. The summed E-state index contributed by atoms with van der Waals surface area (Å²) < 4.78 is 1.83. The van der Waals surface area contributed by atoms with Crippen LogP contribution in [0, 0.1) is 6.92 Å². The highest BCUT2D eigenvalue weighted by Crippen LogP contribution is 2.26. The van der Waals surface area contributed by atoms with Gasteiger partial charge in [-0.15, -0.1) is 0 Å². The zero-order valence-corrected chi connectivity index (χ0v) is 13.8. The van der Waals surface area contributed by atoms with E-state index in [1.165, 1.54) is 0 Å². The molecule has 0 saturated heterocycles. The fourth-order valence-electron chi connectivity index (χ4n) is 2.22. The van der Waals surface area contributed by atoms with E-state index < -0.39 is 6.10 Å². The molecular formula is C15H19Cl2N3O.